The minimum Gasteiger partial charge on any atom is -0.478 e. The largest absolute Gasteiger partial charge is 0.478 e. The standard InChI is InChI=1S/C35H50IN5O6/c1-21(2)27(18-22(3)32(44)45)41(10)31(43)29(34(4,5)6)39-30(42)28(37-9)35(7,8)24-12-11-13-26(19-24)38-33(46)47-20-23-14-16-25(40-36)17-15-23/h11-19,21,27-29,37,40H,20H2,1-10H3,(H,38,46)(H,39,42)(H,44,45)/b22-18+/t27-,28?,29-/m1/s1. The quantitative estimate of drug-likeness (QED) is 0.0881. The molecule has 12 heteroatoms. The van der Waals surface area contributed by atoms with Crippen molar-refractivity contribution in [1.82, 2.24) is 15.5 Å². The number of carboxylic acid groups (broad SMARTS) is 1. The fraction of sp³-hybridized carbons (Fsp3) is 0.486. The van der Waals surface area contributed by atoms with Crippen LogP contribution in [-0.4, -0.2) is 66.1 Å². The maximum Gasteiger partial charge on any atom is 0.411 e. The number of carbonyl (C=O) groups is 4. The number of rotatable bonds is 14. The molecule has 0 radical (unpaired) electrons. The summed E-state index contributed by atoms with van der Waals surface area (Å²) in [5.41, 5.74) is 1.77. The van der Waals surface area contributed by atoms with Crippen molar-refractivity contribution in [1.29, 1.82) is 0 Å². The molecule has 3 atom stereocenters. The molecule has 0 spiro atoms. The molecule has 11 nitrogen and oxygen atoms in total. The minimum atomic E-state index is -1.05. The third kappa shape index (κ3) is 11.0. The summed E-state index contributed by atoms with van der Waals surface area (Å²) < 4.78 is 8.42. The molecule has 258 valence electrons. The van der Waals surface area contributed by atoms with E-state index in [1.807, 2.05) is 102 Å². The van der Waals surface area contributed by atoms with E-state index in [4.69, 9.17) is 4.74 Å². The van der Waals surface area contributed by atoms with E-state index in [1.54, 1.807) is 38.4 Å². The van der Waals surface area contributed by atoms with Gasteiger partial charge in [0.1, 0.15) is 12.6 Å². The normalized spacial score (nSPS) is 14.1. The number of halogens is 1. The van der Waals surface area contributed by atoms with Gasteiger partial charge in [-0.1, -0.05) is 78.8 Å². The van der Waals surface area contributed by atoms with Crippen molar-refractivity contribution in [3.8, 4) is 0 Å². The lowest BCUT2D eigenvalue weighted by molar-refractivity contribution is -0.141. The van der Waals surface area contributed by atoms with E-state index in [0.29, 0.717) is 5.69 Å². The maximum absolute atomic E-state index is 13.9. The van der Waals surface area contributed by atoms with E-state index in [1.165, 1.54) is 11.8 Å². The van der Waals surface area contributed by atoms with Gasteiger partial charge in [0.25, 0.3) is 0 Å². The van der Waals surface area contributed by atoms with Gasteiger partial charge >= 0.3 is 12.1 Å². The number of carbonyl (C=O) groups excluding carboxylic acids is 3. The zero-order valence-electron chi connectivity index (χ0n) is 29.0. The summed E-state index contributed by atoms with van der Waals surface area (Å²) in [6, 6.07) is 12.6. The second-order valence-electron chi connectivity index (χ2n) is 13.7. The van der Waals surface area contributed by atoms with Crippen molar-refractivity contribution in [3.63, 3.8) is 0 Å². The fourth-order valence-electron chi connectivity index (χ4n) is 5.25. The van der Waals surface area contributed by atoms with E-state index in [0.717, 1.165) is 16.8 Å². The van der Waals surface area contributed by atoms with E-state index in [2.05, 4.69) is 19.5 Å². The molecule has 0 heterocycles. The number of benzene rings is 2. The first-order valence-corrected chi connectivity index (χ1v) is 16.6. The highest BCUT2D eigenvalue weighted by atomic mass is 127. The van der Waals surface area contributed by atoms with Crippen LogP contribution in [0.1, 0.15) is 66.5 Å². The number of nitrogens with one attached hydrogen (secondary N) is 4. The van der Waals surface area contributed by atoms with Crippen molar-refractivity contribution < 1.29 is 29.0 Å². The van der Waals surface area contributed by atoms with Crippen LogP contribution in [0, 0.1) is 11.3 Å². The van der Waals surface area contributed by atoms with Gasteiger partial charge in [-0.2, -0.15) is 0 Å². The molecule has 0 aromatic heterocycles. The summed E-state index contributed by atoms with van der Waals surface area (Å²) in [4.78, 5) is 53.5. The van der Waals surface area contributed by atoms with E-state index in [-0.39, 0.29) is 29.9 Å². The fourth-order valence-corrected chi connectivity index (χ4v) is 5.61. The van der Waals surface area contributed by atoms with Crippen molar-refractivity contribution in [3.05, 3.63) is 71.3 Å². The second kappa shape index (κ2) is 17.0. The molecular weight excluding hydrogens is 713 g/mol. The zero-order valence-corrected chi connectivity index (χ0v) is 31.2. The lowest BCUT2D eigenvalue weighted by atomic mass is 9.76. The summed E-state index contributed by atoms with van der Waals surface area (Å²) >= 11 is 2.04. The molecule has 2 aromatic carbocycles. The van der Waals surface area contributed by atoms with Gasteiger partial charge in [-0.05, 0) is 60.7 Å². The van der Waals surface area contributed by atoms with Gasteiger partial charge in [-0.25, -0.2) is 9.59 Å². The monoisotopic (exact) mass is 763 g/mol. The lowest BCUT2D eigenvalue weighted by Gasteiger charge is -2.40. The second-order valence-corrected chi connectivity index (χ2v) is 14.2. The predicted molar refractivity (Wildman–Crippen MR) is 194 cm³/mol. The topological polar surface area (TPSA) is 149 Å². The number of aliphatic carboxylic acids is 1. The number of nitrogens with zero attached hydrogens (tertiary/aromatic N) is 1. The molecule has 0 saturated carbocycles. The van der Waals surface area contributed by atoms with Crippen molar-refractivity contribution >= 4 is 58.1 Å². The van der Waals surface area contributed by atoms with Gasteiger partial charge in [0.2, 0.25) is 11.8 Å². The smallest absolute Gasteiger partial charge is 0.411 e. The predicted octanol–water partition coefficient (Wildman–Crippen LogP) is 6.11. The molecule has 0 saturated heterocycles. The Labute approximate surface area is 292 Å². The van der Waals surface area contributed by atoms with Gasteiger partial charge in [0.15, 0.2) is 0 Å². The number of likely N-dealkylation sites (N-methyl/N-ethyl adjacent to an activating group) is 2. The SMILES string of the molecule is CNC(C(=O)N[C@H](C(=O)N(C)[C@H](/C=C(\C)C(=O)O)C(C)C)C(C)(C)C)C(C)(C)c1cccc(NC(=O)OCc2ccc(NI)cc2)c1. The molecule has 3 amide bonds. The van der Waals surface area contributed by atoms with Crippen LogP contribution in [0.25, 0.3) is 0 Å². The Balaban J connectivity index is 2.25. The average Bonchev–Trinajstić information content (AvgIpc) is 3.00. The van der Waals surface area contributed by atoms with Crippen LogP contribution in [-0.2, 0) is 31.1 Å². The minimum absolute atomic E-state index is 0.0682. The Hall–Kier alpha value is -3.65. The van der Waals surface area contributed by atoms with Crippen molar-refractivity contribution in [2.24, 2.45) is 11.3 Å². The molecule has 0 aliphatic rings. The van der Waals surface area contributed by atoms with Crippen LogP contribution >= 0.6 is 22.9 Å². The average molecular weight is 764 g/mol. The van der Waals surface area contributed by atoms with Crippen LogP contribution in [0.3, 0.4) is 0 Å². The summed E-state index contributed by atoms with van der Waals surface area (Å²) in [5, 5.41) is 18.3. The van der Waals surface area contributed by atoms with Crippen LogP contribution < -0.4 is 19.5 Å². The van der Waals surface area contributed by atoms with Crippen LogP contribution in [0.2, 0.25) is 0 Å². The van der Waals surface area contributed by atoms with E-state index >= 15 is 0 Å². The van der Waals surface area contributed by atoms with Gasteiger partial charge < -0.3 is 28.9 Å². The Kier molecular flexibility index (Phi) is 14.3. The number of amides is 3. The van der Waals surface area contributed by atoms with E-state index in [9.17, 15) is 24.3 Å². The first kappa shape index (κ1) is 39.5. The highest BCUT2D eigenvalue weighted by molar-refractivity contribution is 14.1. The first-order valence-electron chi connectivity index (χ1n) is 15.5. The number of carboxylic acids is 1. The Morgan fingerprint density at radius 3 is 2.11 bits per heavy atom. The molecule has 0 bridgehead atoms. The number of hydrogen-bond acceptors (Lipinski definition) is 7. The first-order chi connectivity index (χ1) is 21.8. The Morgan fingerprint density at radius 1 is 0.979 bits per heavy atom. The van der Waals surface area contributed by atoms with Crippen molar-refractivity contribution in [2.75, 3.05) is 22.9 Å². The molecule has 0 fully saturated rings. The molecule has 5 N–H and O–H groups in total. The van der Waals surface area contributed by atoms with Crippen LogP contribution in [0.15, 0.2) is 60.2 Å². The number of ether oxygens (including phenoxy) is 1. The van der Waals surface area contributed by atoms with E-state index < -0.39 is 41.0 Å². The summed E-state index contributed by atoms with van der Waals surface area (Å²) in [5.74, 6) is -1.82. The Bertz CT molecular complexity index is 1430. The van der Waals surface area contributed by atoms with Crippen LogP contribution in [0.5, 0.6) is 0 Å². The molecule has 2 aromatic rings. The van der Waals surface area contributed by atoms with Gasteiger partial charge in [0.05, 0.1) is 34.9 Å². The molecule has 47 heavy (non-hydrogen) atoms. The highest BCUT2D eigenvalue weighted by Gasteiger charge is 2.41. The molecule has 1 unspecified atom stereocenters. The lowest BCUT2D eigenvalue weighted by Crippen LogP contribution is -2.61. The highest BCUT2D eigenvalue weighted by Crippen LogP contribution is 2.31. The molecule has 0 aliphatic carbocycles. The number of anilines is 2. The van der Waals surface area contributed by atoms with Gasteiger partial charge in [0, 0.05) is 29.4 Å². The third-order valence-corrected chi connectivity index (χ3v) is 8.82. The molecule has 2 rings (SSSR count). The van der Waals surface area contributed by atoms with Gasteiger partial charge in [-0.15, -0.1) is 0 Å². The summed E-state index contributed by atoms with van der Waals surface area (Å²) in [7, 11) is 3.31. The maximum atomic E-state index is 13.9. The third-order valence-electron chi connectivity index (χ3n) is 8.19. The summed E-state index contributed by atoms with van der Waals surface area (Å²) in [6.45, 7) is 14.9. The molecular formula is C35H50IN5O6. The Morgan fingerprint density at radius 2 is 1.60 bits per heavy atom. The zero-order chi connectivity index (χ0) is 35.7. The molecule has 0 aliphatic heterocycles. The van der Waals surface area contributed by atoms with Crippen LogP contribution in [0.4, 0.5) is 16.2 Å². The van der Waals surface area contributed by atoms with Crippen molar-refractivity contribution in [2.45, 2.75) is 85.5 Å². The van der Waals surface area contributed by atoms with Gasteiger partial charge in [-0.3, -0.25) is 14.9 Å². The number of hydrogen-bond donors (Lipinski definition) is 5. The summed E-state index contributed by atoms with van der Waals surface area (Å²) in [6.07, 6.45) is 0.965.